The topological polar surface area (TPSA) is 89.5 Å². The Morgan fingerprint density at radius 3 is 2.29 bits per heavy atom. The number of pyridine rings is 1. The fraction of sp³-hybridized carbons (Fsp3) is 0.0952. The van der Waals surface area contributed by atoms with Gasteiger partial charge in [-0.3, -0.25) is 4.79 Å². The molecule has 0 aliphatic rings. The highest BCUT2D eigenvalue weighted by molar-refractivity contribution is 6.03. The number of rotatable bonds is 6. The van der Waals surface area contributed by atoms with Gasteiger partial charge in [-0.25, -0.2) is 9.78 Å². The molecule has 0 saturated carbocycles. The van der Waals surface area contributed by atoms with Crippen molar-refractivity contribution < 1.29 is 19.1 Å². The quantitative estimate of drug-likeness (QED) is 0.634. The second kappa shape index (κ2) is 8.68. The molecule has 3 rings (SSSR count). The van der Waals surface area contributed by atoms with E-state index in [2.05, 4.69) is 20.4 Å². The van der Waals surface area contributed by atoms with Gasteiger partial charge in [0.25, 0.3) is 5.91 Å². The van der Waals surface area contributed by atoms with Crippen molar-refractivity contribution in [2.75, 3.05) is 24.9 Å². The lowest BCUT2D eigenvalue weighted by Gasteiger charge is -2.09. The highest BCUT2D eigenvalue weighted by atomic mass is 16.5. The summed E-state index contributed by atoms with van der Waals surface area (Å²) in [5.74, 6) is -0.0758. The van der Waals surface area contributed by atoms with Crippen molar-refractivity contribution in [1.29, 1.82) is 0 Å². The molecule has 2 aromatic carbocycles. The number of carbonyl (C=O) groups is 2. The summed E-state index contributed by atoms with van der Waals surface area (Å²) < 4.78 is 9.80. The van der Waals surface area contributed by atoms with Gasteiger partial charge in [0.15, 0.2) is 0 Å². The molecule has 0 aliphatic heterocycles. The molecule has 0 spiro atoms. The summed E-state index contributed by atoms with van der Waals surface area (Å²) in [6.07, 6.45) is 1.57. The second-order valence-corrected chi connectivity index (χ2v) is 5.81. The molecule has 7 heteroatoms. The number of ether oxygens (including phenoxy) is 2. The molecule has 0 unspecified atom stereocenters. The first-order valence-corrected chi connectivity index (χ1v) is 8.46. The largest absolute Gasteiger partial charge is 0.497 e. The number of nitrogens with zero attached hydrogens (tertiary/aromatic N) is 1. The van der Waals surface area contributed by atoms with Crippen LogP contribution in [-0.4, -0.2) is 31.1 Å². The fourth-order valence-electron chi connectivity index (χ4n) is 2.48. The molecule has 2 N–H and O–H groups in total. The minimum atomic E-state index is -0.469. The number of carbonyl (C=O) groups excluding carboxylic acids is 2. The number of anilines is 3. The van der Waals surface area contributed by atoms with E-state index < -0.39 is 5.97 Å². The maximum absolute atomic E-state index is 12.4. The van der Waals surface area contributed by atoms with E-state index in [4.69, 9.17) is 4.74 Å². The normalized spacial score (nSPS) is 10.1. The van der Waals surface area contributed by atoms with Crippen molar-refractivity contribution in [3.05, 3.63) is 78.1 Å². The van der Waals surface area contributed by atoms with E-state index in [1.54, 1.807) is 49.7 Å². The zero-order valence-corrected chi connectivity index (χ0v) is 15.4. The monoisotopic (exact) mass is 377 g/mol. The van der Waals surface area contributed by atoms with Gasteiger partial charge in [-0.05, 0) is 54.6 Å². The third-order valence-corrected chi connectivity index (χ3v) is 3.92. The summed E-state index contributed by atoms with van der Waals surface area (Å²) in [5.41, 5.74) is 2.71. The Bertz CT molecular complexity index is 970. The molecule has 0 atom stereocenters. The average Bonchev–Trinajstić information content (AvgIpc) is 2.74. The summed E-state index contributed by atoms with van der Waals surface area (Å²) in [6.45, 7) is 0. The molecule has 142 valence electrons. The smallest absolute Gasteiger partial charge is 0.337 e. The molecule has 1 amide bonds. The summed E-state index contributed by atoms with van der Waals surface area (Å²) in [7, 11) is 2.92. The average molecular weight is 377 g/mol. The molecule has 1 heterocycles. The van der Waals surface area contributed by atoms with Gasteiger partial charge in [-0.2, -0.15) is 0 Å². The van der Waals surface area contributed by atoms with Gasteiger partial charge in [-0.1, -0.05) is 6.07 Å². The number of nitrogens with one attached hydrogen (secondary N) is 2. The lowest BCUT2D eigenvalue weighted by molar-refractivity contribution is 0.0600. The number of hydrogen-bond donors (Lipinski definition) is 2. The molecule has 3 aromatic rings. The predicted octanol–water partition coefficient (Wildman–Crippen LogP) is 3.87. The molecule has 0 saturated heterocycles. The summed E-state index contributed by atoms with van der Waals surface area (Å²) in [6, 6.07) is 17.3. The van der Waals surface area contributed by atoms with Crippen molar-refractivity contribution in [2.24, 2.45) is 0 Å². The maximum Gasteiger partial charge on any atom is 0.337 e. The second-order valence-electron chi connectivity index (χ2n) is 5.81. The van der Waals surface area contributed by atoms with Crippen molar-refractivity contribution >= 4 is 28.9 Å². The van der Waals surface area contributed by atoms with Crippen LogP contribution in [0, 0.1) is 0 Å². The van der Waals surface area contributed by atoms with Crippen LogP contribution in [-0.2, 0) is 4.74 Å². The number of esters is 1. The van der Waals surface area contributed by atoms with Crippen LogP contribution in [0.1, 0.15) is 20.8 Å². The first-order valence-electron chi connectivity index (χ1n) is 8.46. The molecule has 0 radical (unpaired) electrons. The fourth-order valence-corrected chi connectivity index (χ4v) is 2.48. The van der Waals surface area contributed by atoms with Gasteiger partial charge in [0.1, 0.15) is 11.4 Å². The number of hydrogen-bond acceptors (Lipinski definition) is 6. The molecule has 28 heavy (non-hydrogen) atoms. The Balaban J connectivity index is 1.65. The summed E-state index contributed by atoms with van der Waals surface area (Å²) >= 11 is 0. The molecule has 7 nitrogen and oxygen atoms in total. The van der Waals surface area contributed by atoms with Gasteiger partial charge in [0.05, 0.1) is 31.7 Å². The lowest BCUT2D eigenvalue weighted by Crippen LogP contribution is -2.14. The minimum absolute atomic E-state index is 0.253. The number of amides is 1. The van der Waals surface area contributed by atoms with Gasteiger partial charge in [0, 0.05) is 11.4 Å². The molecule has 0 fully saturated rings. The van der Waals surface area contributed by atoms with Crippen molar-refractivity contribution in [1.82, 2.24) is 4.98 Å². The first-order chi connectivity index (χ1) is 13.6. The van der Waals surface area contributed by atoms with Crippen LogP contribution in [0.3, 0.4) is 0 Å². The maximum atomic E-state index is 12.4. The Morgan fingerprint density at radius 2 is 1.64 bits per heavy atom. The molecule has 0 aliphatic carbocycles. The Morgan fingerprint density at radius 1 is 0.893 bits per heavy atom. The number of aromatic nitrogens is 1. The van der Waals surface area contributed by atoms with Crippen LogP contribution >= 0.6 is 0 Å². The van der Waals surface area contributed by atoms with Gasteiger partial charge in [0.2, 0.25) is 0 Å². The Kier molecular flexibility index (Phi) is 5.86. The number of benzene rings is 2. The third kappa shape index (κ3) is 4.64. The van der Waals surface area contributed by atoms with Crippen LogP contribution in [0.4, 0.5) is 17.1 Å². The lowest BCUT2D eigenvalue weighted by atomic mass is 10.2. The molecular formula is C21H19N3O4. The van der Waals surface area contributed by atoms with E-state index in [1.807, 2.05) is 24.3 Å². The zero-order chi connectivity index (χ0) is 19.9. The van der Waals surface area contributed by atoms with Crippen LogP contribution < -0.4 is 15.4 Å². The van der Waals surface area contributed by atoms with Crippen molar-refractivity contribution in [2.45, 2.75) is 0 Å². The van der Waals surface area contributed by atoms with E-state index >= 15 is 0 Å². The van der Waals surface area contributed by atoms with E-state index in [0.29, 0.717) is 11.3 Å². The third-order valence-electron chi connectivity index (χ3n) is 3.92. The van der Waals surface area contributed by atoms with E-state index in [1.165, 1.54) is 7.11 Å². The van der Waals surface area contributed by atoms with Crippen molar-refractivity contribution in [3.63, 3.8) is 0 Å². The number of methoxy groups -OCH3 is 2. The van der Waals surface area contributed by atoms with E-state index in [0.717, 1.165) is 17.1 Å². The SMILES string of the molecule is COC(=O)c1cccc(NC(=O)c2ccc(Nc3ccc(OC)cc3)cn2)c1. The van der Waals surface area contributed by atoms with Crippen LogP contribution in [0.15, 0.2) is 66.9 Å². The molecule has 1 aromatic heterocycles. The first kappa shape index (κ1) is 18.9. The standard InChI is InChI=1S/C21H19N3O4/c1-27-18-9-6-15(7-10-18)23-17-8-11-19(22-13-17)20(25)24-16-5-3-4-14(12-16)21(26)28-2/h3-13,23H,1-2H3,(H,24,25). The highest BCUT2D eigenvalue weighted by Crippen LogP contribution is 2.20. The Labute approximate surface area is 162 Å². The highest BCUT2D eigenvalue weighted by Gasteiger charge is 2.10. The van der Waals surface area contributed by atoms with Gasteiger partial charge < -0.3 is 20.1 Å². The van der Waals surface area contributed by atoms with Gasteiger partial charge >= 0.3 is 5.97 Å². The minimum Gasteiger partial charge on any atom is -0.497 e. The zero-order valence-electron chi connectivity index (χ0n) is 15.4. The van der Waals surface area contributed by atoms with E-state index in [9.17, 15) is 9.59 Å². The Hall–Kier alpha value is -3.87. The van der Waals surface area contributed by atoms with E-state index in [-0.39, 0.29) is 11.6 Å². The van der Waals surface area contributed by atoms with Crippen molar-refractivity contribution in [3.8, 4) is 5.75 Å². The van der Waals surface area contributed by atoms with Gasteiger partial charge in [-0.15, -0.1) is 0 Å². The molecule has 0 bridgehead atoms. The van der Waals surface area contributed by atoms with Crippen LogP contribution in [0.2, 0.25) is 0 Å². The van der Waals surface area contributed by atoms with Crippen LogP contribution in [0.25, 0.3) is 0 Å². The summed E-state index contributed by atoms with van der Waals surface area (Å²) in [4.78, 5) is 28.2. The molecular weight excluding hydrogens is 358 g/mol. The predicted molar refractivity (Wildman–Crippen MR) is 106 cm³/mol. The van der Waals surface area contributed by atoms with Crippen LogP contribution in [0.5, 0.6) is 5.75 Å². The summed E-state index contributed by atoms with van der Waals surface area (Å²) in [5, 5.41) is 5.91.